The lowest BCUT2D eigenvalue weighted by molar-refractivity contribution is 0.0963. The van der Waals surface area contributed by atoms with Gasteiger partial charge in [-0.05, 0) is 63.6 Å². The third kappa shape index (κ3) is 8.01. The van der Waals surface area contributed by atoms with Crippen LogP contribution in [-0.4, -0.2) is 67.3 Å². The van der Waals surface area contributed by atoms with E-state index >= 15 is 0 Å². The van der Waals surface area contributed by atoms with Crippen LogP contribution in [0.1, 0.15) is 51.5 Å². The van der Waals surface area contributed by atoms with Gasteiger partial charge in [0.05, 0.1) is 13.2 Å². The van der Waals surface area contributed by atoms with E-state index in [2.05, 4.69) is 33.5 Å². The maximum atomic E-state index is 11.9. The standard InChI is InChI=1S/C22H36N6O2.HI/c1-3-23-21(26-19-9-14-28(15-10-19)22(29)30-4-2)25-17-18-8-11-24-20(16-18)27-12-6-5-7-13-27;/h8,11,16,19H,3-7,9-10,12-15,17H2,1-2H3,(H2,23,25,26);1H. The molecular weight excluding hydrogens is 507 g/mol. The molecule has 0 aromatic carbocycles. The van der Waals surface area contributed by atoms with Gasteiger partial charge in [-0.2, -0.15) is 0 Å². The van der Waals surface area contributed by atoms with Crippen molar-refractivity contribution in [3.8, 4) is 0 Å². The molecule has 0 radical (unpaired) electrons. The van der Waals surface area contributed by atoms with Gasteiger partial charge in [-0.25, -0.2) is 14.8 Å². The lowest BCUT2D eigenvalue weighted by Crippen LogP contribution is -2.49. The van der Waals surface area contributed by atoms with Crippen LogP contribution in [0, 0.1) is 0 Å². The van der Waals surface area contributed by atoms with Crippen molar-refractivity contribution in [1.82, 2.24) is 20.5 Å². The smallest absolute Gasteiger partial charge is 0.409 e. The van der Waals surface area contributed by atoms with Crippen molar-refractivity contribution < 1.29 is 9.53 Å². The Labute approximate surface area is 203 Å². The first kappa shape index (κ1) is 25.5. The summed E-state index contributed by atoms with van der Waals surface area (Å²) in [4.78, 5) is 25.4. The fraction of sp³-hybridized carbons (Fsp3) is 0.682. The van der Waals surface area contributed by atoms with Crippen LogP contribution in [0.2, 0.25) is 0 Å². The van der Waals surface area contributed by atoms with E-state index in [0.717, 1.165) is 44.3 Å². The number of hydrogen-bond acceptors (Lipinski definition) is 5. The van der Waals surface area contributed by atoms with E-state index in [0.29, 0.717) is 32.3 Å². The molecule has 0 aliphatic carbocycles. The van der Waals surface area contributed by atoms with E-state index in [4.69, 9.17) is 9.73 Å². The van der Waals surface area contributed by atoms with Crippen LogP contribution in [0.5, 0.6) is 0 Å². The zero-order valence-corrected chi connectivity index (χ0v) is 21.1. The molecule has 1 aromatic rings. The summed E-state index contributed by atoms with van der Waals surface area (Å²) in [6.07, 6.45) is 7.26. The topological polar surface area (TPSA) is 82.1 Å². The van der Waals surface area contributed by atoms with Crippen molar-refractivity contribution >= 4 is 41.8 Å². The molecule has 3 rings (SSSR count). The summed E-state index contributed by atoms with van der Waals surface area (Å²) in [7, 11) is 0. The molecular formula is C22H37IN6O2. The lowest BCUT2D eigenvalue weighted by Gasteiger charge is -2.32. The lowest BCUT2D eigenvalue weighted by atomic mass is 10.1. The number of pyridine rings is 1. The Hall–Kier alpha value is -1.78. The van der Waals surface area contributed by atoms with Crippen LogP contribution in [0.15, 0.2) is 23.3 Å². The fourth-order valence-electron chi connectivity index (χ4n) is 3.96. The van der Waals surface area contributed by atoms with Crippen molar-refractivity contribution in [3.63, 3.8) is 0 Å². The average Bonchev–Trinajstić information content (AvgIpc) is 2.79. The zero-order chi connectivity index (χ0) is 21.2. The van der Waals surface area contributed by atoms with Crippen LogP contribution >= 0.6 is 24.0 Å². The molecule has 1 amide bonds. The molecule has 2 aliphatic rings. The summed E-state index contributed by atoms with van der Waals surface area (Å²) in [5, 5.41) is 6.87. The quantitative estimate of drug-likeness (QED) is 0.325. The summed E-state index contributed by atoms with van der Waals surface area (Å²) in [5.41, 5.74) is 1.17. The Bertz CT molecular complexity index is 703. The SMILES string of the molecule is CCNC(=NCc1ccnc(N2CCCCC2)c1)NC1CCN(C(=O)OCC)CC1.I. The molecule has 2 aliphatic heterocycles. The van der Waals surface area contributed by atoms with Crippen LogP contribution in [0.25, 0.3) is 0 Å². The number of hydrogen-bond donors (Lipinski definition) is 2. The molecule has 174 valence electrons. The van der Waals surface area contributed by atoms with E-state index in [1.54, 1.807) is 4.90 Å². The van der Waals surface area contributed by atoms with E-state index < -0.39 is 0 Å². The molecule has 2 fully saturated rings. The number of aliphatic imine (C=N–C) groups is 1. The number of anilines is 1. The average molecular weight is 544 g/mol. The second-order valence-electron chi connectivity index (χ2n) is 7.87. The second-order valence-corrected chi connectivity index (χ2v) is 7.87. The third-order valence-corrected chi connectivity index (χ3v) is 5.62. The van der Waals surface area contributed by atoms with Gasteiger partial charge < -0.3 is 25.2 Å². The predicted octanol–water partition coefficient (Wildman–Crippen LogP) is 3.37. The highest BCUT2D eigenvalue weighted by Gasteiger charge is 2.24. The molecule has 2 N–H and O–H groups in total. The highest BCUT2D eigenvalue weighted by atomic mass is 127. The van der Waals surface area contributed by atoms with Gasteiger partial charge in [0.2, 0.25) is 0 Å². The van der Waals surface area contributed by atoms with E-state index in [9.17, 15) is 4.79 Å². The third-order valence-electron chi connectivity index (χ3n) is 5.62. The first-order valence-corrected chi connectivity index (χ1v) is 11.4. The zero-order valence-electron chi connectivity index (χ0n) is 18.8. The van der Waals surface area contributed by atoms with Crippen molar-refractivity contribution in [2.24, 2.45) is 4.99 Å². The number of halogens is 1. The molecule has 31 heavy (non-hydrogen) atoms. The number of nitrogens with zero attached hydrogens (tertiary/aromatic N) is 4. The number of aromatic nitrogens is 1. The number of piperidine rings is 2. The van der Waals surface area contributed by atoms with Gasteiger partial charge >= 0.3 is 6.09 Å². The summed E-state index contributed by atoms with van der Waals surface area (Å²) in [6, 6.07) is 4.50. The molecule has 0 unspecified atom stereocenters. The van der Waals surface area contributed by atoms with Gasteiger partial charge in [0.15, 0.2) is 5.96 Å². The largest absolute Gasteiger partial charge is 0.450 e. The molecule has 0 atom stereocenters. The molecule has 8 nitrogen and oxygen atoms in total. The first-order valence-electron chi connectivity index (χ1n) is 11.4. The Morgan fingerprint density at radius 3 is 2.61 bits per heavy atom. The number of guanidine groups is 1. The van der Waals surface area contributed by atoms with E-state index in [-0.39, 0.29) is 30.1 Å². The van der Waals surface area contributed by atoms with Crippen LogP contribution in [0.3, 0.4) is 0 Å². The van der Waals surface area contributed by atoms with Gasteiger partial charge in [0, 0.05) is 45.0 Å². The number of ether oxygens (including phenoxy) is 1. The summed E-state index contributed by atoms with van der Waals surface area (Å²) in [6.45, 7) is 9.35. The minimum absolute atomic E-state index is 0. The second kappa shape index (κ2) is 13.6. The van der Waals surface area contributed by atoms with Crippen molar-refractivity contribution in [2.75, 3.05) is 44.2 Å². The van der Waals surface area contributed by atoms with Crippen LogP contribution in [0.4, 0.5) is 10.6 Å². The Balaban J connectivity index is 0.00000341. The van der Waals surface area contributed by atoms with Gasteiger partial charge in [-0.3, -0.25) is 0 Å². The van der Waals surface area contributed by atoms with Crippen LogP contribution in [-0.2, 0) is 11.3 Å². The van der Waals surface area contributed by atoms with Crippen molar-refractivity contribution in [2.45, 2.75) is 58.5 Å². The minimum atomic E-state index is -0.210. The number of rotatable bonds is 6. The number of carbonyl (C=O) groups excluding carboxylic acids is 1. The maximum Gasteiger partial charge on any atom is 0.409 e. The highest BCUT2D eigenvalue weighted by Crippen LogP contribution is 2.18. The van der Waals surface area contributed by atoms with Gasteiger partial charge in [0.25, 0.3) is 0 Å². The monoisotopic (exact) mass is 544 g/mol. The Kier molecular flexibility index (Phi) is 11.2. The van der Waals surface area contributed by atoms with E-state index in [1.165, 1.54) is 24.8 Å². The van der Waals surface area contributed by atoms with Gasteiger partial charge in [-0.1, -0.05) is 0 Å². The molecule has 9 heteroatoms. The number of amides is 1. The molecule has 1 aromatic heterocycles. The Morgan fingerprint density at radius 1 is 1.19 bits per heavy atom. The fourth-order valence-corrected chi connectivity index (χ4v) is 3.96. The molecule has 0 spiro atoms. The number of likely N-dealkylation sites (tertiary alicyclic amines) is 1. The minimum Gasteiger partial charge on any atom is -0.450 e. The van der Waals surface area contributed by atoms with E-state index in [1.807, 2.05) is 19.2 Å². The number of carbonyl (C=O) groups is 1. The maximum absolute atomic E-state index is 11.9. The molecule has 0 bridgehead atoms. The van der Waals surface area contributed by atoms with Crippen molar-refractivity contribution in [1.29, 1.82) is 0 Å². The first-order chi connectivity index (χ1) is 14.7. The summed E-state index contributed by atoms with van der Waals surface area (Å²) >= 11 is 0. The Morgan fingerprint density at radius 2 is 1.94 bits per heavy atom. The predicted molar refractivity (Wildman–Crippen MR) is 135 cm³/mol. The highest BCUT2D eigenvalue weighted by molar-refractivity contribution is 14.0. The van der Waals surface area contributed by atoms with Gasteiger partial charge in [0.1, 0.15) is 5.82 Å². The molecule has 2 saturated heterocycles. The summed E-state index contributed by atoms with van der Waals surface area (Å²) < 4.78 is 5.10. The molecule has 3 heterocycles. The number of nitrogens with one attached hydrogen (secondary N) is 2. The van der Waals surface area contributed by atoms with Crippen LogP contribution < -0.4 is 15.5 Å². The normalized spacial score (nSPS) is 17.7. The van der Waals surface area contributed by atoms with Gasteiger partial charge in [-0.15, -0.1) is 24.0 Å². The summed E-state index contributed by atoms with van der Waals surface area (Å²) in [5.74, 6) is 1.88. The molecule has 0 saturated carbocycles. The van der Waals surface area contributed by atoms with Crippen molar-refractivity contribution in [3.05, 3.63) is 23.9 Å².